The van der Waals surface area contributed by atoms with E-state index >= 15 is 0 Å². The number of halogens is 3. The van der Waals surface area contributed by atoms with Crippen LogP contribution in [0.5, 0.6) is 0 Å². The normalized spacial score (nSPS) is 10.7. The van der Waals surface area contributed by atoms with Gasteiger partial charge in [0.05, 0.1) is 11.4 Å². The smallest absolute Gasteiger partial charge is 0.277 e. The van der Waals surface area contributed by atoms with E-state index in [4.69, 9.17) is 16.0 Å². The lowest BCUT2D eigenvalue weighted by atomic mass is 10.2. The standard InChI is InChI=1S/C16H10ClF2N3O2S/c17-10-3-1-9(2-4-10)15-21-22-16(24-15)25-8-14(23)20-13-7-11(18)5-6-12(13)19/h1-7H,8H2,(H,20,23). The maximum atomic E-state index is 13.5. The van der Waals surface area contributed by atoms with Crippen LogP contribution in [0.3, 0.4) is 0 Å². The van der Waals surface area contributed by atoms with E-state index in [9.17, 15) is 13.6 Å². The summed E-state index contributed by atoms with van der Waals surface area (Å²) in [5.41, 5.74) is 0.466. The maximum absolute atomic E-state index is 13.5. The highest BCUT2D eigenvalue weighted by atomic mass is 35.5. The Morgan fingerprint density at radius 2 is 1.92 bits per heavy atom. The van der Waals surface area contributed by atoms with Gasteiger partial charge in [-0.2, -0.15) is 0 Å². The Bertz CT molecular complexity index is 903. The molecule has 2 aromatic carbocycles. The number of aromatic nitrogens is 2. The molecule has 0 saturated carbocycles. The molecule has 0 radical (unpaired) electrons. The van der Waals surface area contributed by atoms with Crippen LogP contribution in [0.2, 0.25) is 5.02 Å². The van der Waals surface area contributed by atoms with Gasteiger partial charge in [0, 0.05) is 16.7 Å². The first-order valence-electron chi connectivity index (χ1n) is 6.98. The van der Waals surface area contributed by atoms with E-state index in [1.54, 1.807) is 24.3 Å². The van der Waals surface area contributed by atoms with Crippen molar-refractivity contribution >= 4 is 35.0 Å². The molecule has 1 heterocycles. The highest BCUT2D eigenvalue weighted by Gasteiger charge is 2.13. The topological polar surface area (TPSA) is 68.0 Å². The van der Waals surface area contributed by atoms with Crippen LogP contribution in [-0.2, 0) is 4.79 Å². The van der Waals surface area contributed by atoms with Gasteiger partial charge in [-0.3, -0.25) is 4.79 Å². The highest BCUT2D eigenvalue weighted by molar-refractivity contribution is 7.99. The molecule has 5 nitrogen and oxygen atoms in total. The first kappa shape index (κ1) is 17.4. The molecule has 0 aliphatic carbocycles. The Kier molecular flexibility index (Phi) is 5.30. The number of carbonyl (C=O) groups is 1. The molecule has 1 aromatic heterocycles. The van der Waals surface area contributed by atoms with E-state index in [1.807, 2.05) is 0 Å². The molecule has 0 aliphatic rings. The molecule has 1 amide bonds. The van der Waals surface area contributed by atoms with Gasteiger partial charge >= 0.3 is 0 Å². The van der Waals surface area contributed by atoms with Crippen LogP contribution in [0.1, 0.15) is 0 Å². The van der Waals surface area contributed by atoms with E-state index in [0.717, 1.165) is 30.0 Å². The van der Waals surface area contributed by atoms with Crippen molar-refractivity contribution in [3.05, 3.63) is 59.1 Å². The molecule has 0 fully saturated rings. The van der Waals surface area contributed by atoms with Crippen molar-refractivity contribution in [1.29, 1.82) is 0 Å². The van der Waals surface area contributed by atoms with Crippen LogP contribution in [-0.4, -0.2) is 21.9 Å². The molecular weight excluding hydrogens is 372 g/mol. The number of benzene rings is 2. The lowest BCUT2D eigenvalue weighted by Gasteiger charge is -2.05. The fraction of sp³-hybridized carbons (Fsp3) is 0.0625. The Morgan fingerprint density at radius 1 is 1.16 bits per heavy atom. The Labute approximate surface area is 150 Å². The van der Waals surface area contributed by atoms with Crippen LogP contribution in [0.25, 0.3) is 11.5 Å². The summed E-state index contributed by atoms with van der Waals surface area (Å²) in [5, 5.41) is 10.8. The molecule has 0 bridgehead atoms. The minimum Gasteiger partial charge on any atom is -0.411 e. The molecule has 0 saturated heterocycles. The number of hydrogen-bond acceptors (Lipinski definition) is 5. The van der Waals surface area contributed by atoms with E-state index in [1.165, 1.54) is 0 Å². The van der Waals surface area contributed by atoms with Gasteiger partial charge in [0.15, 0.2) is 0 Å². The molecule has 0 atom stereocenters. The van der Waals surface area contributed by atoms with Gasteiger partial charge in [-0.05, 0) is 36.4 Å². The molecule has 25 heavy (non-hydrogen) atoms. The third-order valence-electron chi connectivity index (χ3n) is 3.03. The zero-order valence-electron chi connectivity index (χ0n) is 12.5. The fourth-order valence-corrected chi connectivity index (χ4v) is 2.57. The van der Waals surface area contributed by atoms with E-state index in [-0.39, 0.29) is 22.6 Å². The number of nitrogens with zero attached hydrogens (tertiary/aromatic N) is 2. The lowest BCUT2D eigenvalue weighted by molar-refractivity contribution is -0.113. The monoisotopic (exact) mass is 381 g/mol. The Morgan fingerprint density at radius 3 is 2.68 bits per heavy atom. The van der Waals surface area contributed by atoms with Crippen molar-refractivity contribution in [1.82, 2.24) is 10.2 Å². The van der Waals surface area contributed by atoms with E-state index in [2.05, 4.69) is 15.5 Å². The third-order valence-corrected chi connectivity index (χ3v) is 4.10. The highest BCUT2D eigenvalue weighted by Crippen LogP contribution is 2.24. The quantitative estimate of drug-likeness (QED) is 0.663. The summed E-state index contributed by atoms with van der Waals surface area (Å²) < 4.78 is 32.0. The minimum absolute atomic E-state index is 0.0990. The van der Waals surface area contributed by atoms with E-state index in [0.29, 0.717) is 10.6 Å². The number of hydrogen-bond donors (Lipinski definition) is 1. The zero-order valence-corrected chi connectivity index (χ0v) is 14.1. The first-order chi connectivity index (χ1) is 12.0. The van der Waals surface area contributed by atoms with Gasteiger partial charge in [0.25, 0.3) is 5.22 Å². The largest absolute Gasteiger partial charge is 0.411 e. The van der Waals surface area contributed by atoms with Crippen molar-refractivity contribution in [2.75, 3.05) is 11.1 Å². The van der Waals surface area contributed by atoms with E-state index < -0.39 is 17.5 Å². The predicted molar refractivity (Wildman–Crippen MR) is 90.5 cm³/mol. The van der Waals surface area contributed by atoms with Crippen molar-refractivity contribution in [2.24, 2.45) is 0 Å². The minimum atomic E-state index is -0.720. The summed E-state index contributed by atoms with van der Waals surface area (Å²) in [6.07, 6.45) is 0. The van der Waals surface area contributed by atoms with Crippen molar-refractivity contribution in [3.8, 4) is 11.5 Å². The summed E-state index contributed by atoms with van der Waals surface area (Å²) in [7, 11) is 0. The number of thioether (sulfide) groups is 1. The maximum Gasteiger partial charge on any atom is 0.277 e. The SMILES string of the molecule is O=C(CSc1nnc(-c2ccc(Cl)cc2)o1)Nc1cc(F)ccc1F. The van der Waals surface area contributed by atoms with Crippen LogP contribution < -0.4 is 5.32 Å². The number of anilines is 1. The lowest BCUT2D eigenvalue weighted by Crippen LogP contribution is -2.15. The average molecular weight is 382 g/mol. The molecule has 0 unspecified atom stereocenters. The van der Waals surface area contributed by atoms with Crippen molar-refractivity contribution in [3.63, 3.8) is 0 Å². The Balaban J connectivity index is 1.59. The number of nitrogens with one attached hydrogen (secondary N) is 1. The van der Waals surface area contributed by atoms with Gasteiger partial charge < -0.3 is 9.73 Å². The molecule has 0 spiro atoms. The van der Waals surface area contributed by atoms with Crippen LogP contribution in [0.15, 0.2) is 52.1 Å². The average Bonchev–Trinajstić information content (AvgIpc) is 3.06. The molecule has 1 N–H and O–H groups in total. The molecule has 0 aliphatic heterocycles. The zero-order chi connectivity index (χ0) is 17.8. The second-order valence-electron chi connectivity index (χ2n) is 4.84. The van der Waals surface area contributed by atoms with Crippen molar-refractivity contribution < 1.29 is 18.0 Å². The molecule has 3 aromatic rings. The molecule has 3 rings (SSSR count). The Hall–Kier alpha value is -2.45. The number of carbonyl (C=O) groups excluding carboxylic acids is 1. The predicted octanol–water partition coefficient (Wildman–Crippen LogP) is 4.40. The van der Waals surface area contributed by atoms with Gasteiger partial charge in [-0.25, -0.2) is 8.78 Å². The van der Waals surface area contributed by atoms with Crippen molar-refractivity contribution in [2.45, 2.75) is 5.22 Å². The van der Waals surface area contributed by atoms with Gasteiger partial charge in [0.1, 0.15) is 11.6 Å². The molecule has 128 valence electrons. The summed E-state index contributed by atoms with van der Waals surface area (Å²) in [5.74, 6) is -1.70. The summed E-state index contributed by atoms with van der Waals surface area (Å²) >= 11 is 6.79. The van der Waals surface area contributed by atoms with Crippen LogP contribution >= 0.6 is 23.4 Å². The fourth-order valence-electron chi connectivity index (χ4n) is 1.88. The third kappa shape index (κ3) is 4.55. The van der Waals surface area contributed by atoms with Crippen LogP contribution in [0.4, 0.5) is 14.5 Å². The number of rotatable bonds is 5. The van der Waals surface area contributed by atoms with Crippen LogP contribution in [0, 0.1) is 11.6 Å². The van der Waals surface area contributed by atoms with Gasteiger partial charge in [-0.1, -0.05) is 23.4 Å². The second-order valence-corrected chi connectivity index (χ2v) is 6.20. The molecular formula is C16H10ClF2N3O2S. The van der Waals surface area contributed by atoms with Gasteiger partial charge in [0.2, 0.25) is 11.8 Å². The summed E-state index contributed by atoms with van der Waals surface area (Å²) in [4.78, 5) is 11.8. The summed E-state index contributed by atoms with van der Waals surface area (Å²) in [6, 6.07) is 9.64. The first-order valence-corrected chi connectivity index (χ1v) is 8.35. The summed E-state index contributed by atoms with van der Waals surface area (Å²) in [6.45, 7) is 0. The number of amides is 1. The molecule has 9 heteroatoms. The second kappa shape index (κ2) is 7.62. The van der Waals surface area contributed by atoms with Gasteiger partial charge in [-0.15, -0.1) is 10.2 Å².